The van der Waals surface area contributed by atoms with Crippen molar-refractivity contribution in [2.45, 2.75) is 39.3 Å². The highest BCUT2D eigenvalue weighted by atomic mass is 16.3. The average molecular weight is 222 g/mol. The minimum Gasteiger partial charge on any atom is -0.463 e. The van der Waals surface area contributed by atoms with Crippen LogP contribution in [0.3, 0.4) is 0 Å². The van der Waals surface area contributed by atoms with Crippen LogP contribution in [0.5, 0.6) is 0 Å². The maximum absolute atomic E-state index is 5.64. The molecule has 2 N–H and O–H groups in total. The molecule has 2 rings (SSSR count). The van der Waals surface area contributed by atoms with E-state index in [1.807, 2.05) is 6.07 Å². The summed E-state index contributed by atoms with van der Waals surface area (Å²) in [5.41, 5.74) is 5.54. The number of furan rings is 1. The van der Waals surface area contributed by atoms with E-state index in [0.717, 1.165) is 30.5 Å². The Balaban J connectivity index is 1.87. The van der Waals surface area contributed by atoms with Crippen molar-refractivity contribution >= 4 is 0 Å². The normalized spacial score (nSPS) is 15.9. The van der Waals surface area contributed by atoms with Gasteiger partial charge in [0.1, 0.15) is 11.5 Å². The Morgan fingerprint density at radius 3 is 2.69 bits per heavy atom. The number of hydrogen-bond acceptors (Lipinski definition) is 3. The van der Waals surface area contributed by atoms with Crippen LogP contribution in [0.2, 0.25) is 0 Å². The third kappa shape index (κ3) is 3.35. The molecule has 0 spiro atoms. The Bertz CT molecular complexity index is 317. The molecule has 3 nitrogen and oxygen atoms in total. The van der Waals surface area contributed by atoms with Gasteiger partial charge < -0.3 is 10.2 Å². The first-order chi connectivity index (χ1) is 7.81. The largest absolute Gasteiger partial charge is 0.463 e. The molecule has 1 aromatic heterocycles. The summed E-state index contributed by atoms with van der Waals surface area (Å²) in [7, 11) is 0. The van der Waals surface area contributed by atoms with Crippen LogP contribution >= 0.6 is 0 Å². The molecule has 0 radical (unpaired) electrons. The molecule has 1 aliphatic rings. The zero-order chi connectivity index (χ0) is 11.4. The molecular weight excluding hydrogens is 200 g/mol. The Kier molecular flexibility index (Phi) is 4.02. The summed E-state index contributed by atoms with van der Waals surface area (Å²) in [6.07, 6.45) is 4.02. The monoisotopic (exact) mass is 222 g/mol. The highest BCUT2D eigenvalue weighted by molar-refractivity contribution is 5.06. The first kappa shape index (κ1) is 11.7. The summed E-state index contributed by atoms with van der Waals surface area (Å²) in [5.74, 6) is 2.88. The molecule has 1 aliphatic carbocycles. The average Bonchev–Trinajstić information content (AvgIpc) is 2.96. The van der Waals surface area contributed by atoms with E-state index in [4.69, 9.17) is 10.2 Å². The fourth-order valence-electron chi connectivity index (χ4n) is 2.05. The molecule has 3 heteroatoms. The van der Waals surface area contributed by atoms with E-state index in [9.17, 15) is 0 Å². The fourth-order valence-corrected chi connectivity index (χ4v) is 2.05. The lowest BCUT2D eigenvalue weighted by Crippen LogP contribution is -2.26. The van der Waals surface area contributed by atoms with Crippen LogP contribution in [-0.4, -0.2) is 18.0 Å². The molecule has 0 saturated heterocycles. The van der Waals surface area contributed by atoms with Gasteiger partial charge in [0.2, 0.25) is 0 Å². The van der Waals surface area contributed by atoms with Gasteiger partial charge in [-0.15, -0.1) is 0 Å². The molecule has 1 saturated carbocycles. The standard InChI is InChI=1S/C13H22N2O/c1-2-7-15(9-11-3-4-11)10-13-6-5-12(8-14)16-13/h5-6,11H,2-4,7-10,14H2,1H3. The molecule has 0 atom stereocenters. The summed E-state index contributed by atoms with van der Waals surface area (Å²) in [6, 6.07) is 4.04. The summed E-state index contributed by atoms with van der Waals surface area (Å²) in [5, 5.41) is 0. The minimum absolute atomic E-state index is 0.496. The van der Waals surface area contributed by atoms with Crippen molar-refractivity contribution < 1.29 is 4.42 Å². The summed E-state index contributed by atoms with van der Waals surface area (Å²) < 4.78 is 5.64. The van der Waals surface area contributed by atoms with Gasteiger partial charge in [-0.2, -0.15) is 0 Å². The van der Waals surface area contributed by atoms with Crippen molar-refractivity contribution in [1.82, 2.24) is 4.90 Å². The molecule has 0 bridgehead atoms. The quantitative estimate of drug-likeness (QED) is 0.770. The Hall–Kier alpha value is -0.800. The second kappa shape index (κ2) is 5.51. The van der Waals surface area contributed by atoms with Gasteiger partial charge in [0.25, 0.3) is 0 Å². The SMILES string of the molecule is CCCN(Cc1ccc(CN)o1)CC1CC1. The van der Waals surface area contributed by atoms with Crippen molar-refractivity contribution in [3.63, 3.8) is 0 Å². The molecule has 1 heterocycles. The summed E-state index contributed by atoms with van der Waals surface area (Å²) in [4.78, 5) is 2.50. The zero-order valence-electron chi connectivity index (χ0n) is 10.1. The Labute approximate surface area is 97.6 Å². The zero-order valence-corrected chi connectivity index (χ0v) is 10.1. The van der Waals surface area contributed by atoms with Gasteiger partial charge in [-0.05, 0) is 43.9 Å². The van der Waals surface area contributed by atoms with Crippen LogP contribution in [0.25, 0.3) is 0 Å². The van der Waals surface area contributed by atoms with Crippen molar-refractivity contribution in [2.75, 3.05) is 13.1 Å². The van der Waals surface area contributed by atoms with Gasteiger partial charge in [0, 0.05) is 6.54 Å². The molecule has 0 aliphatic heterocycles. The Morgan fingerprint density at radius 1 is 1.38 bits per heavy atom. The van der Waals surface area contributed by atoms with Crippen LogP contribution in [0.4, 0.5) is 0 Å². The van der Waals surface area contributed by atoms with Gasteiger partial charge >= 0.3 is 0 Å². The van der Waals surface area contributed by atoms with Crippen LogP contribution in [0.1, 0.15) is 37.7 Å². The summed E-state index contributed by atoms with van der Waals surface area (Å²) >= 11 is 0. The third-order valence-corrected chi connectivity index (χ3v) is 3.05. The molecule has 0 aromatic carbocycles. The molecular formula is C13H22N2O. The van der Waals surface area contributed by atoms with Gasteiger partial charge in [-0.1, -0.05) is 6.92 Å². The Morgan fingerprint density at radius 2 is 2.12 bits per heavy atom. The van der Waals surface area contributed by atoms with E-state index in [1.54, 1.807) is 0 Å². The lowest BCUT2D eigenvalue weighted by Gasteiger charge is -2.20. The predicted molar refractivity (Wildman–Crippen MR) is 64.9 cm³/mol. The van der Waals surface area contributed by atoms with E-state index in [0.29, 0.717) is 6.54 Å². The highest BCUT2D eigenvalue weighted by Gasteiger charge is 2.24. The molecule has 0 unspecified atom stereocenters. The number of rotatable bonds is 7. The van der Waals surface area contributed by atoms with Crippen molar-refractivity contribution in [2.24, 2.45) is 11.7 Å². The number of nitrogens with zero attached hydrogens (tertiary/aromatic N) is 1. The van der Waals surface area contributed by atoms with Crippen LogP contribution in [0, 0.1) is 5.92 Å². The van der Waals surface area contributed by atoms with Crippen molar-refractivity contribution in [3.05, 3.63) is 23.7 Å². The lowest BCUT2D eigenvalue weighted by molar-refractivity contribution is 0.232. The second-order valence-electron chi connectivity index (χ2n) is 4.75. The van der Waals surface area contributed by atoms with Gasteiger partial charge in [0.05, 0.1) is 13.1 Å². The van der Waals surface area contributed by atoms with Crippen LogP contribution < -0.4 is 5.73 Å². The lowest BCUT2D eigenvalue weighted by atomic mass is 10.3. The smallest absolute Gasteiger partial charge is 0.118 e. The van der Waals surface area contributed by atoms with Crippen LogP contribution in [0.15, 0.2) is 16.5 Å². The minimum atomic E-state index is 0.496. The maximum Gasteiger partial charge on any atom is 0.118 e. The van der Waals surface area contributed by atoms with E-state index in [1.165, 1.54) is 25.8 Å². The first-order valence-corrected chi connectivity index (χ1v) is 6.31. The van der Waals surface area contributed by atoms with Crippen molar-refractivity contribution in [1.29, 1.82) is 0 Å². The highest BCUT2D eigenvalue weighted by Crippen LogP contribution is 2.30. The van der Waals surface area contributed by atoms with E-state index >= 15 is 0 Å². The number of hydrogen-bond donors (Lipinski definition) is 1. The molecule has 1 fully saturated rings. The molecule has 90 valence electrons. The first-order valence-electron chi connectivity index (χ1n) is 6.31. The fraction of sp³-hybridized carbons (Fsp3) is 0.692. The maximum atomic E-state index is 5.64. The van der Waals surface area contributed by atoms with Gasteiger partial charge in [-0.3, -0.25) is 4.90 Å². The van der Waals surface area contributed by atoms with Crippen LogP contribution in [-0.2, 0) is 13.1 Å². The second-order valence-corrected chi connectivity index (χ2v) is 4.75. The topological polar surface area (TPSA) is 42.4 Å². The molecule has 1 aromatic rings. The number of nitrogens with two attached hydrogens (primary N) is 1. The molecule has 0 amide bonds. The van der Waals surface area contributed by atoms with Gasteiger partial charge in [0.15, 0.2) is 0 Å². The van der Waals surface area contributed by atoms with E-state index in [2.05, 4.69) is 17.9 Å². The van der Waals surface area contributed by atoms with Gasteiger partial charge in [-0.25, -0.2) is 0 Å². The van der Waals surface area contributed by atoms with E-state index < -0.39 is 0 Å². The summed E-state index contributed by atoms with van der Waals surface area (Å²) in [6.45, 7) is 6.05. The predicted octanol–water partition coefficient (Wildman–Crippen LogP) is 2.36. The van der Waals surface area contributed by atoms with Crippen molar-refractivity contribution in [3.8, 4) is 0 Å². The molecule has 16 heavy (non-hydrogen) atoms. The third-order valence-electron chi connectivity index (χ3n) is 3.05. The van der Waals surface area contributed by atoms with E-state index in [-0.39, 0.29) is 0 Å².